The maximum Gasteiger partial charge on any atom is 0.331 e. The normalized spacial score (nSPS) is 6.57. The molecule has 0 aromatic rings. The minimum Gasteiger partial charge on any atom is -0.467 e. The second-order valence-electron chi connectivity index (χ2n) is 0.734. The second kappa shape index (κ2) is 6.53. The van der Waals surface area contributed by atoms with E-state index in [4.69, 9.17) is 5.11 Å². The molecule has 0 unspecified atom stereocenters. The standard InChI is InChI=1S/C3H6O3.Y/c1-6-3(5)2-4;/h4H,2H2,1H3;. The van der Waals surface area contributed by atoms with Gasteiger partial charge in [0.2, 0.25) is 0 Å². The summed E-state index contributed by atoms with van der Waals surface area (Å²) in [4.78, 5) is 9.71. The van der Waals surface area contributed by atoms with Gasteiger partial charge in [-0.05, 0) is 0 Å². The third kappa shape index (κ3) is 6.53. The number of aliphatic hydroxyl groups is 1. The van der Waals surface area contributed by atoms with Crippen LogP contribution in [0.4, 0.5) is 0 Å². The quantitative estimate of drug-likeness (QED) is 0.533. The van der Waals surface area contributed by atoms with Gasteiger partial charge in [-0.3, -0.25) is 0 Å². The molecule has 0 aromatic heterocycles. The van der Waals surface area contributed by atoms with Crippen LogP contribution in [0, 0.1) is 0 Å². The SMILES string of the molecule is COC(=O)CO.[Y]. The molecule has 0 atom stereocenters. The summed E-state index contributed by atoms with van der Waals surface area (Å²) in [7, 11) is 1.22. The van der Waals surface area contributed by atoms with Crippen LogP contribution in [0.15, 0.2) is 0 Å². The van der Waals surface area contributed by atoms with E-state index in [-0.39, 0.29) is 32.7 Å². The van der Waals surface area contributed by atoms with Gasteiger partial charge in [-0.1, -0.05) is 0 Å². The summed E-state index contributed by atoms with van der Waals surface area (Å²) in [6, 6.07) is 0. The molecule has 1 N–H and O–H groups in total. The van der Waals surface area contributed by atoms with Crippen LogP contribution in [0.5, 0.6) is 0 Å². The van der Waals surface area contributed by atoms with Crippen molar-refractivity contribution in [2.75, 3.05) is 13.7 Å². The van der Waals surface area contributed by atoms with Crippen molar-refractivity contribution in [3.8, 4) is 0 Å². The molecule has 0 saturated carbocycles. The first kappa shape index (κ1) is 10.5. The fourth-order valence-electron chi connectivity index (χ4n) is 0.0645. The smallest absolute Gasteiger partial charge is 0.331 e. The van der Waals surface area contributed by atoms with E-state index in [0.717, 1.165) is 0 Å². The van der Waals surface area contributed by atoms with E-state index in [1.807, 2.05) is 0 Å². The van der Waals surface area contributed by atoms with Crippen molar-refractivity contribution in [2.24, 2.45) is 0 Å². The van der Waals surface area contributed by atoms with Crippen LogP contribution in [0.3, 0.4) is 0 Å². The van der Waals surface area contributed by atoms with Gasteiger partial charge in [0, 0.05) is 32.7 Å². The van der Waals surface area contributed by atoms with Crippen molar-refractivity contribution in [1.29, 1.82) is 0 Å². The van der Waals surface area contributed by atoms with Crippen LogP contribution < -0.4 is 0 Å². The van der Waals surface area contributed by atoms with E-state index in [2.05, 4.69) is 4.74 Å². The monoisotopic (exact) mass is 179 g/mol. The van der Waals surface area contributed by atoms with E-state index < -0.39 is 12.6 Å². The minimum atomic E-state index is -0.602. The van der Waals surface area contributed by atoms with E-state index >= 15 is 0 Å². The number of carbonyl (C=O) groups excluding carboxylic acids is 1. The first-order chi connectivity index (χ1) is 2.81. The average molecular weight is 179 g/mol. The maximum atomic E-state index is 9.71. The van der Waals surface area contributed by atoms with E-state index in [1.54, 1.807) is 0 Å². The molecule has 7 heavy (non-hydrogen) atoms. The predicted octanol–water partition coefficient (Wildman–Crippen LogP) is -0.851. The zero-order valence-corrected chi connectivity index (χ0v) is 6.89. The van der Waals surface area contributed by atoms with Gasteiger partial charge < -0.3 is 9.84 Å². The Morgan fingerprint density at radius 1 is 1.86 bits per heavy atom. The summed E-state index contributed by atoms with van der Waals surface area (Å²) in [6.07, 6.45) is 0. The first-order valence-electron chi connectivity index (χ1n) is 1.49. The van der Waals surface area contributed by atoms with Gasteiger partial charge in [-0.15, -0.1) is 0 Å². The summed E-state index contributed by atoms with van der Waals surface area (Å²) < 4.78 is 4.01. The number of hydrogen-bond donors (Lipinski definition) is 1. The van der Waals surface area contributed by atoms with E-state index in [0.29, 0.717) is 0 Å². The molecule has 0 fully saturated rings. The Morgan fingerprint density at radius 2 is 2.29 bits per heavy atom. The molecule has 3 nitrogen and oxygen atoms in total. The zero-order valence-electron chi connectivity index (χ0n) is 4.05. The molecular formula is C3H6O3Y. The first-order valence-corrected chi connectivity index (χ1v) is 1.49. The van der Waals surface area contributed by atoms with Crippen LogP contribution >= 0.6 is 0 Å². The molecule has 39 valence electrons. The summed E-state index contributed by atoms with van der Waals surface area (Å²) in [5.74, 6) is -0.602. The Morgan fingerprint density at radius 3 is 2.29 bits per heavy atom. The molecule has 0 aliphatic carbocycles. The number of hydrogen-bond acceptors (Lipinski definition) is 3. The molecule has 0 amide bonds. The van der Waals surface area contributed by atoms with E-state index in [1.165, 1.54) is 7.11 Å². The fourth-order valence-corrected chi connectivity index (χ4v) is 0.0645. The van der Waals surface area contributed by atoms with Crippen molar-refractivity contribution in [2.45, 2.75) is 0 Å². The largest absolute Gasteiger partial charge is 0.467 e. The molecule has 0 aromatic carbocycles. The van der Waals surface area contributed by atoms with Gasteiger partial charge in [0.25, 0.3) is 0 Å². The predicted molar refractivity (Wildman–Crippen MR) is 19.1 cm³/mol. The minimum absolute atomic E-state index is 0. The Balaban J connectivity index is 0. The summed E-state index contributed by atoms with van der Waals surface area (Å²) in [5, 5.41) is 7.86. The van der Waals surface area contributed by atoms with Gasteiger partial charge in [-0.25, -0.2) is 4.79 Å². The van der Waals surface area contributed by atoms with Gasteiger partial charge in [-0.2, -0.15) is 0 Å². The molecule has 0 spiro atoms. The summed E-state index contributed by atoms with van der Waals surface area (Å²) in [6.45, 7) is -0.531. The average Bonchev–Trinajstić information content (AvgIpc) is 1.65. The molecule has 0 bridgehead atoms. The Kier molecular flexibility index (Phi) is 9.80. The fraction of sp³-hybridized carbons (Fsp3) is 0.667. The molecule has 0 aliphatic heterocycles. The topological polar surface area (TPSA) is 46.5 Å². The Bertz CT molecular complexity index is 48.1. The number of ether oxygens (including phenoxy) is 1. The van der Waals surface area contributed by atoms with Crippen LogP contribution in [-0.4, -0.2) is 24.8 Å². The number of aliphatic hydroxyl groups excluding tert-OH is 1. The Labute approximate surface area is 66.9 Å². The number of esters is 1. The maximum absolute atomic E-state index is 9.71. The molecule has 0 saturated heterocycles. The van der Waals surface area contributed by atoms with Crippen molar-refractivity contribution in [3.05, 3.63) is 0 Å². The third-order valence-corrected chi connectivity index (χ3v) is 0.357. The number of carbonyl (C=O) groups is 1. The van der Waals surface area contributed by atoms with Gasteiger partial charge in [0.05, 0.1) is 7.11 Å². The van der Waals surface area contributed by atoms with Crippen molar-refractivity contribution < 1.29 is 47.3 Å². The van der Waals surface area contributed by atoms with E-state index in [9.17, 15) is 4.79 Å². The van der Waals surface area contributed by atoms with Gasteiger partial charge >= 0.3 is 5.97 Å². The molecule has 0 aliphatic rings. The number of rotatable bonds is 1. The molecule has 1 radical (unpaired) electrons. The third-order valence-electron chi connectivity index (χ3n) is 0.357. The molecule has 0 heterocycles. The number of methoxy groups -OCH3 is 1. The van der Waals surface area contributed by atoms with Gasteiger partial charge in [0.1, 0.15) is 6.61 Å². The van der Waals surface area contributed by atoms with Crippen LogP contribution in [0.1, 0.15) is 0 Å². The Hall–Kier alpha value is 0.534. The van der Waals surface area contributed by atoms with Crippen LogP contribution in [-0.2, 0) is 42.2 Å². The summed E-state index contributed by atoms with van der Waals surface area (Å²) in [5.41, 5.74) is 0. The van der Waals surface area contributed by atoms with Crippen LogP contribution in [0.2, 0.25) is 0 Å². The molecular weight excluding hydrogens is 173 g/mol. The second-order valence-corrected chi connectivity index (χ2v) is 0.734. The summed E-state index contributed by atoms with van der Waals surface area (Å²) >= 11 is 0. The molecule has 0 rings (SSSR count). The van der Waals surface area contributed by atoms with Gasteiger partial charge in [0.15, 0.2) is 0 Å². The van der Waals surface area contributed by atoms with Crippen molar-refractivity contribution in [1.82, 2.24) is 0 Å². The zero-order chi connectivity index (χ0) is 4.99. The van der Waals surface area contributed by atoms with Crippen LogP contribution in [0.25, 0.3) is 0 Å². The van der Waals surface area contributed by atoms with Crippen molar-refractivity contribution in [3.63, 3.8) is 0 Å². The molecule has 4 heteroatoms. The van der Waals surface area contributed by atoms with Crippen molar-refractivity contribution >= 4 is 5.97 Å².